The molecule has 2 rings (SSSR count). The second-order valence-electron chi connectivity index (χ2n) is 5.94. The molecule has 1 aromatic carbocycles. The van der Waals surface area contributed by atoms with Gasteiger partial charge < -0.3 is 14.4 Å². The Labute approximate surface area is 139 Å². The number of methoxy groups -OCH3 is 1. The van der Waals surface area contributed by atoms with Gasteiger partial charge in [0.05, 0.1) is 18.8 Å². The van der Waals surface area contributed by atoms with E-state index in [2.05, 4.69) is 0 Å². The highest BCUT2D eigenvalue weighted by Crippen LogP contribution is 2.38. The molecule has 0 radical (unpaired) electrons. The lowest BCUT2D eigenvalue weighted by molar-refractivity contribution is -0.137. The number of carbonyl (C=O) groups is 1. The van der Waals surface area contributed by atoms with Gasteiger partial charge >= 0.3 is 6.18 Å². The van der Waals surface area contributed by atoms with Gasteiger partial charge in [-0.25, -0.2) is 0 Å². The first-order chi connectivity index (χ1) is 11.3. The molecule has 0 spiro atoms. The van der Waals surface area contributed by atoms with Crippen molar-refractivity contribution in [1.82, 2.24) is 0 Å². The van der Waals surface area contributed by atoms with Crippen molar-refractivity contribution in [3.8, 4) is 0 Å². The smallest absolute Gasteiger partial charge is 0.382 e. The van der Waals surface area contributed by atoms with Crippen LogP contribution in [0, 0.1) is 5.92 Å². The first kappa shape index (κ1) is 18.7. The minimum atomic E-state index is -4.44. The molecule has 4 nitrogen and oxygen atoms in total. The van der Waals surface area contributed by atoms with Crippen LogP contribution in [0.25, 0.3) is 0 Å². The van der Waals surface area contributed by atoms with Crippen molar-refractivity contribution in [2.45, 2.75) is 32.0 Å². The monoisotopic (exact) mass is 345 g/mol. The van der Waals surface area contributed by atoms with Crippen LogP contribution in [-0.4, -0.2) is 38.9 Å². The molecule has 1 aromatic rings. The molecule has 1 unspecified atom stereocenters. The van der Waals surface area contributed by atoms with Crippen LogP contribution in [0.1, 0.15) is 25.3 Å². The molecular weight excluding hydrogens is 323 g/mol. The van der Waals surface area contributed by atoms with Crippen molar-refractivity contribution >= 4 is 11.6 Å². The van der Waals surface area contributed by atoms with E-state index in [0.717, 1.165) is 25.0 Å². The molecule has 0 bridgehead atoms. The maximum absolute atomic E-state index is 12.9. The third-order valence-corrected chi connectivity index (χ3v) is 4.09. The fourth-order valence-electron chi connectivity index (χ4n) is 2.60. The zero-order valence-electron chi connectivity index (χ0n) is 13.8. The molecular formula is C17H22F3NO3. The van der Waals surface area contributed by atoms with Crippen molar-refractivity contribution < 1.29 is 27.4 Å². The predicted molar refractivity (Wildman–Crippen MR) is 83.8 cm³/mol. The van der Waals surface area contributed by atoms with Gasteiger partial charge in [0.1, 0.15) is 6.61 Å². The van der Waals surface area contributed by atoms with Crippen molar-refractivity contribution in [3.63, 3.8) is 0 Å². The minimum Gasteiger partial charge on any atom is -0.382 e. The van der Waals surface area contributed by atoms with E-state index in [9.17, 15) is 18.0 Å². The summed E-state index contributed by atoms with van der Waals surface area (Å²) in [7, 11) is 1.52. The quantitative estimate of drug-likeness (QED) is 0.677. The van der Waals surface area contributed by atoms with Gasteiger partial charge in [-0.3, -0.25) is 4.79 Å². The van der Waals surface area contributed by atoms with Crippen LogP contribution in [0.3, 0.4) is 0 Å². The lowest BCUT2D eigenvalue weighted by Gasteiger charge is -2.30. The Hall–Kier alpha value is -1.60. The number of anilines is 1. The number of benzene rings is 1. The average Bonchev–Trinajstić information content (AvgIpc) is 3.36. The van der Waals surface area contributed by atoms with E-state index in [1.165, 1.54) is 24.1 Å². The van der Waals surface area contributed by atoms with E-state index in [1.807, 2.05) is 6.92 Å². The molecule has 0 aromatic heterocycles. The number of hydrogen-bond acceptors (Lipinski definition) is 3. The summed E-state index contributed by atoms with van der Waals surface area (Å²) in [6, 6.07) is 4.71. The van der Waals surface area contributed by atoms with Gasteiger partial charge in [0.25, 0.3) is 5.91 Å². The van der Waals surface area contributed by atoms with Crippen molar-refractivity contribution in [1.29, 1.82) is 0 Å². The summed E-state index contributed by atoms with van der Waals surface area (Å²) in [6.45, 7) is 2.30. The van der Waals surface area contributed by atoms with E-state index in [1.54, 1.807) is 0 Å². The lowest BCUT2D eigenvalue weighted by Crippen LogP contribution is -2.42. The summed E-state index contributed by atoms with van der Waals surface area (Å²) in [5, 5.41) is 0. The second kappa shape index (κ2) is 7.98. The summed E-state index contributed by atoms with van der Waals surface area (Å²) < 4.78 is 48.9. The molecule has 1 atom stereocenters. The SMILES string of the molecule is COCCOCC(=O)N(c1cccc(C(F)(F)F)c1)C(C)C1CC1. The largest absolute Gasteiger partial charge is 0.416 e. The van der Waals surface area contributed by atoms with E-state index in [4.69, 9.17) is 9.47 Å². The van der Waals surface area contributed by atoms with Crippen LogP contribution >= 0.6 is 0 Å². The summed E-state index contributed by atoms with van der Waals surface area (Å²) >= 11 is 0. The maximum Gasteiger partial charge on any atom is 0.416 e. The van der Waals surface area contributed by atoms with E-state index >= 15 is 0 Å². The van der Waals surface area contributed by atoms with Crippen molar-refractivity contribution in [2.75, 3.05) is 31.8 Å². The van der Waals surface area contributed by atoms with Gasteiger partial charge in [0.2, 0.25) is 0 Å². The van der Waals surface area contributed by atoms with Crippen LogP contribution in [0.5, 0.6) is 0 Å². The van der Waals surface area contributed by atoms with Gasteiger partial charge in [0, 0.05) is 18.8 Å². The van der Waals surface area contributed by atoms with Crippen LogP contribution in [-0.2, 0) is 20.4 Å². The fourth-order valence-corrected chi connectivity index (χ4v) is 2.60. The molecule has 1 aliphatic carbocycles. The van der Waals surface area contributed by atoms with E-state index in [0.29, 0.717) is 12.5 Å². The van der Waals surface area contributed by atoms with Crippen LogP contribution in [0.2, 0.25) is 0 Å². The third kappa shape index (κ3) is 4.95. The summed E-state index contributed by atoms with van der Waals surface area (Å²) in [5.74, 6) is -0.0210. The Morgan fingerprint density at radius 3 is 2.62 bits per heavy atom. The third-order valence-electron chi connectivity index (χ3n) is 4.09. The number of amides is 1. The highest BCUT2D eigenvalue weighted by Gasteiger charge is 2.36. The Bertz CT molecular complexity index is 558. The summed E-state index contributed by atoms with van der Waals surface area (Å²) in [6.07, 6.45) is -2.48. The number of halogens is 3. The van der Waals surface area contributed by atoms with E-state index < -0.39 is 11.7 Å². The maximum atomic E-state index is 12.9. The van der Waals surface area contributed by atoms with Crippen LogP contribution in [0.4, 0.5) is 18.9 Å². The Balaban J connectivity index is 2.18. The Morgan fingerprint density at radius 2 is 2.04 bits per heavy atom. The minimum absolute atomic E-state index is 0.160. The van der Waals surface area contributed by atoms with Gasteiger partial charge in [-0.1, -0.05) is 6.07 Å². The molecule has 0 aliphatic heterocycles. The highest BCUT2D eigenvalue weighted by molar-refractivity contribution is 5.95. The Morgan fingerprint density at radius 1 is 1.33 bits per heavy atom. The normalized spacial score (nSPS) is 16.0. The number of nitrogens with zero attached hydrogens (tertiary/aromatic N) is 1. The molecule has 7 heteroatoms. The number of ether oxygens (including phenoxy) is 2. The molecule has 1 saturated carbocycles. The molecule has 0 saturated heterocycles. The van der Waals surface area contributed by atoms with Crippen molar-refractivity contribution in [3.05, 3.63) is 29.8 Å². The van der Waals surface area contributed by atoms with Crippen LogP contribution in [0.15, 0.2) is 24.3 Å². The average molecular weight is 345 g/mol. The standard InChI is InChI=1S/C17H22F3NO3/c1-12(13-6-7-13)21(16(22)11-24-9-8-23-2)15-5-3-4-14(10-15)17(18,19)20/h3-5,10,12-13H,6-9,11H2,1-2H3. The topological polar surface area (TPSA) is 38.8 Å². The van der Waals surface area contributed by atoms with Gasteiger partial charge in [-0.15, -0.1) is 0 Å². The zero-order valence-corrected chi connectivity index (χ0v) is 13.8. The van der Waals surface area contributed by atoms with Gasteiger partial charge in [0.15, 0.2) is 0 Å². The van der Waals surface area contributed by atoms with Crippen molar-refractivity contribution in [2.24, 2.45) is 5.92 Å². The van der Waals surface area contributed by atoms with Gasteiger partial charge in [-0.05, 0) is 43.9 Å². The molecule has 1 amide bonds. The highest BCUT2D eigenvalue weighted by atomic mass is 19.4. The molecule has 1 fully saturated rings. The van der Waals surface area contributed by atoms with Gasteiger partial charge in [-0.2, -0.15) is 13.2 Å². The lowest BCUT2D eigenvalue weighted by atomic mass is 10.1. The van der Waals surface area contributed by atoms with E-state index in [-0.39, 0.29) is 30.9 Å². The molecule has 1 aliphatic rings. The van der Waals surface area contributed by atoms with Crippen LogP contribution < -0.4 is 4.90 Å². The molecule has 0 heterocycles. The second-order valence-corrected chi connectivity index (χ2v) is 5.94. The number of rotatable bonds is 8. The first-order valence-corrected chi connectivity index (χ1v) is 7.90. The molecule has 134 valence electrons. The molecule has 0 N–H and O–H groups in total. The number of alkyl halides is 3. The first-order valence-electron chi connectivity index (χ1n) is 7.90. The zero-order chi connectivity index (χ0) is 17.7. The number of hydrogen-bond donors (Lipinski definition) is 0. The fraction of sp³-hybridized carbons (Fsp3) is 0.588. The summed E-state index contributed by atoms with van der Waals surface area (Å²) in [4.78, 5) is 14.0. The molecule has 24 heavy (non-hydrogen) atoms. The number of carbonyl (C=O) groups excluding carboxylic acids is 1. The Kier molecular flexibility index (Phi) is 6.23. The summed E-state index contributed by atoms with van der Waals surface area (Å²) in [5.41, 5.74) is -0.509. The predicted octanol–water partition coefficient (Wildman–Crippen LogP) is 3.50.